The quantitative estimate of drug-likeness (QED) is 0.680. The zero-order valence-corrected chi connectivity index (χ0v) is 8.88. The molecule has 0 aromatic heterocycles. The van der Waals surface area contributed by atoms with E-state index in [4.69, 9.17) is 0 Å². The van der Waals surface area contributed by atoms with Gasteiger partial charge in [0.1, 0.15) is 0 Å². The smallest absolute Gasteiger partial charge is 0.174 e. The van der Waals surface area contributed by atoms with Crippen LogP contribution in [-0.2, 0) is 4.79 Å². The van der Waals surface area contributed by atoms with Gasteiger partial charge in [-0.05, 0) is 37.7 Å². The van der Waals surface area contributed by atoms with Crippen LogP contribution in [0.4, 0.5) is 0 Å². The van der Waals surface area contributed by atoms with Gasteiger partial charge in [-0.2, -0.15) is 0 Å². The van der Waals surface area contributed by atoms with Crippen molar-refractivity contribution in [3.05, 3.63) is 12.2 Å². The fourth-order valence-corrected chi connectivity index (χ4v) is 2.82. The highest BCUT2D eigenvalue weighted by atomic mass is 16.1. The summed E-state index contributed by atoms with van der Waals surface area (Å²) >= 11 is 0. The fourth-order valence-electron chi connectivity index (χ4n) is 2.82. The van der Waals surface area contributed by atoms with E-state index in [1.54, 1.807) is 0 Å². The molecule has 0 aromatic carbocycles. The van der Waals surface area contributed by atoms with Crippen LogP contribution < -0.4 is 5.32 Å². The van der Waals surface area contributed by atoms with Gasteiger partial charge in [0, 0.05) is 6.04 Å². The van der Waals surface area contributed by atoms with Crippen LogP contribution in [0.1, 0.15) is 39.0 Å². The van der Waals surface area contributed by atoms with Gasteiger partial charge in [-0.1, -0.05) is 19.4 Å². The summed E-state index contributed by atoms with van der Waals surface area (Å²) in [5.41, 5.74) is 0.696. The number of carbonyl (C=O) groups is 1. The minimum absolute atomic E-state index is 0.0700. The van der Waals surface area contributed by atoms with Crippen molar-refractivity contribution in [3.8, 4) is 0 Å². The molecule has 1 aliphatic heterocycles. The zero-order chi connectivity index (χ0) is 10.1. The van der Waals surface area contributed by atoms with E-state index in [0.717, 1.165) is 12.3 Å². The van der Waals surface area contributed by atoms with Gasteiger partial charge in [0.25, 0.3) is 0 Å². The van der Waals surface area contributed by atoms with Gasteiger partial charge in [0.05, 0.1) is 6.04 Å². The van der Waals surface area contributed by atoms with E-state index in [9.17, 15) is 4.79 Å². The minimum Gasteiger partial charge on any atom is -0.304 e. The highest BCUT2D eigenvalue weighted by Crippen LogP contribution is 2.33. The van der Waals surface area contributed by atoms with Gasteiger partial charge < -0.3 is 5.32 Å². The molecule has 1 heterocycles. The van der Waals surface area contributed by atoms with Gasteiger partial charge >= 0.3 is 0 Å². The van der Waals surface area contributed by atoms with Gasteiger partial charge in [-0.15, -0.1) is 0 Å². The van der Waals surface area contributed by atoms with E-state index in [0.29, 0.717) is 11.6 Å². The van der Waals surface area contributed by atoms with E-state index in [1.165, 1.54) is 25.7 Å². The summed E-state index contributed by atoms with van der Waals surface area (Å²) in [6, 6.07) is 0.678. The Bertz CT molecular complexity index is 245. The van der Waals surface area contributed by atoms with Crippen molar-refractivity contribution in [1.29, 1.82) is 0 Å². The molecule has 0 amide bonds. The Labute approximate surface area is 85.8 Å². The van der Waals surface area contributed by atoms with Crippen molar-refractivity contribution >= 4 is 5.78 Å². The van der Waals surface area contributed by atoms with Crippen LogP contribution >= 0.6 is 0 Å². The molecule has 1 aliphatic carbocycles. The lowest BCUT2D eigenvalue weighted by atomic mass is 9.84. The number of ketones is 1. The van der Waals surface area contributed by atoms with Gasteiger partial charge in [0.2, 0.25) is 0 Å². The number of carbonyl (C=O) groups excluding carboxylic acids is 1. The second-order valence-corrected chi connectivity index (χ2v) is 4.75. The van der Waals surface area contributed by atoms with E-state index in [2.05, 4.69) is 11.9 Å². The molecular weight excluding hydrogens is 174 g/mol. The molecular formula is C12H19NO. The summed E-state index contributed by atoms with van der Waals surface area (Å²) < 4.78 is 0. The molecule has 3 unspecified atom stereocenters. The molecule has 2 nitrogen and oxygen atoms in total. The van der Waals surface area contributed by atoms with E-state index in [1.807, 2.05) is 6.92 Å². The lowest BCUT2D eigenvalue weighted by molar-refractivity contribution is -0.117. The van der Waals surface area contributed by atoms with E-state index in [-0.39, 0.29) is 11.8 Å². The predicted molar refractivity (Wildman–Crippen MR) is 57.1 cm³/mol. The van der Waals surface area contributed by atoms with E-state index >= 15 is 0 Å². The molecule has 78 valence electrons. The fraction of sp³-hybridized carbons (Fsp3) is 0.750. The molecule has 1 saturated carbocycles. The van der Waals surface area contributed by atoms with Crippen LogP contribution in [0, 0.1) is 5.92 Å². The number of rotatable bonds is 2. The lowest BCUT2D eigenvalue weighted by Crippen LogP contribution is -2.37. The van der Waals surface area contributed by atoms with Crippen molar-refractivity contribution in [2.24, 2.45) is 5.92 Å². The molecule has 2 rings (SSSR count). The Kier molecular flexibility index (Phi) is 2.73. The van der Waals surface area contributed by atoms with Crippen LogP contribution in [0.5, 0.6) is 0 Å². The molecule has 2 heteroatoms. The maximum absolute atomic E-state index is 11.7. The van der Waals surface area contributed by atoms with Crippen molar-refractivity contribution in [2.75, 3.05) is 0 Å². The second kappa shape index (κ2) is 3.85. The Morgan fingerprint density at radius 2 is 2.07 bits per heavy atom. The molecule has 14 heavy (non-hydrogen) atoms. The third kappa shape index (κ3) is 1.76. The number of nitrogens with one attached hydrogen (secondary N) is 1. The molecule has 3 atom stereocenters. The van der Waals surface area contributed by atoms with Gasteiger partial charge in [0.15, 0.2) is 5.78 Å². The molecule has 0 spiro atoms. The predicted octanol–water partition coefficient (Wildman–Crippen LogP) is 2.05. The van der Waals surface area contributed by atoms with Crippen molar-refractivity contribution < 1.29 is 4.79 Å². The summed E-state index contributed by atoms with van der Waals surface area (Å²) in [5.74, 6) is 0.969. The van der Waals surface area contributed by atoms with Crippen molar-refractivity contribution in [2.45, 2.75) is 51.1 Å². The maximum Gasteiger partial charge on any atom is 0.174 e. The highest BCUT2D eigenvalue weighted by Gasteiger charge is 2.37. The minimum atomic E-state index is 0.0700. The van der Waals surface area contributed by atoms with Crippen LogP contribution in [0.15, 0.2) is 12.2 Å². The summed E-state index contributed by atoms with van der Waals surface area (Å²) in [7, 11) is 0. The summed E-state index contributed by atoms with van der Waals surface area (Å²) in [6.07, 6.45) is 6.26. The summed E-state index contributed by atoms with van der Waals surface area (Å²) in [6.45, 7) is 5.54. The Balaban J connectivity index is 1.99. The Morgan fingerprint density at radius 1 is 1.36 bits per heavy atom. The van der Waals surface area contributed by atoms with E-state index < -0.39 is 0 Å². The van der Waals surface area contributed by atoms with Gasteiger partial charge in [-0.25, -0.2) is 0 Å². The standard InChI is InChI=1S/C12H19NO/c1-8(2)12(14)11-7-9-5-3-4-6-10(9)13-11/h9-11,13H,1,3-7H2,2H3. The van der Waals surface area contributed by atoms with Gasteiger partial charge in [-0.3, -0.25) is 4.79 Å². The zero-order valence-electron chi connectivity index (χ0n) is 8.88. The van der Waals surface area contributed by atoms with Crippen molar-refractivity contribution in [1.82, 2.24) is 5.32 Å². The largest absolute Gasteiger partial charge is 0.304 e. The van der Waals surface area contributed by atoms with Crippen LogP contribution in [0.2, 0.25) is 0 Å². The lowest BCUT2D eigenvalue weighted by Gasteiger charge is -2.24. The van der Waals surface area contributed by atoms with Crippen LogP contribution in [-0.4, -0.2) is 17.9 Å². The second-order valence-electron chi connectivity index (χ2n) is 4.75. The van der Waals surface area contributed by atoms with Crippen LogP contribution in [0.25, 0.3) is 0 Å². The normalized spacial score (nSPS) is 36.5. The number of hydrogen-bond donors (Lipinski definition) is 1. The molecule has 0 radical (unpaired) electrons. The monoisotopic (exact) mass is 193 g/mol. The first-order chi connectivity index (χ1) is 6.68. The SMILES string of the molecule is C=C(C)C(=O)C1CC2CCCCC2N1. The molecule has 1 N–H and O–H groups in total. The first-order valence-corrected chi connectivity index (χ1v) is 5.64. The van der Waals surface area contributed by atoms with Crippen molar-refractivity contribution in [3.63, 3.8) is 0 Å². The number of fused-ring (bicyclic) bond motifs is 1. The Morgan fingerprint density at radius 3 is 2.71 bits per heavy atom. The molecule has 1 saturated heterocycles. The topological polar surface area (TPSA) is 29.1 Å². The molecule has 0 aromatic rings. The average molecular weight is 193 g/mol. The molecule has 0 bridgehead atoms. The Hall–Kier alpha value is -0.630. The highest BCUT2D eigenvalue weighted by molar-refractivity contribution is 5.98. The number of Topliss-reactive ketones (excluding diaryl/α,β-unsaturated/α-hetero) is 1. The summed E-state index contributed by atoms with van der Waals surface area (Å²) in [4.78, 5) is 11.7. The van der Waals surface area contributed by atoms with Crippen LogP contribution in [0.3, 0.4) is 0 Å². The third-order valence-electron chi connectivity index (χ3n) is 3.60. The summed E-state index contributed by atoms with van der Waals surface area (Å²) in [5, 5.41) is 3.46. The molecule has 2 aliphatic rings. The maximum atomic E-state index is 11.7. The first kappa shape index (κ1) is 9.91. The third-order valence-corrected chi connectivity index (χ3v) is 3.60. The number of hydrogen-bond acceptors (Lipinski definition) is 2. The average Bonchev–Trinajstić information content (AvgIpc) is 2.59. The first-order valence-electron chi connectivity index (χ1n) is 5.64. The molecule has 2 fully saturated rings.